The van der Waals surface area contributed by atoms with E-state index in [0.717, 1.165) is 0 Å². The van der Waals surface area contributed by atoms with E-state index in [4.69, 9.17) is 9.90 Å². The van der Waals surface area contributed by atoms with Gasteiger partial charge in [-0.25, -0.2) is 22.3 Å². The van der Waals surface area contributed by atoms with Crippen LogP contribution in [0.5, 0.6) is 5.75 Å². The van der Waals surface area contributed by atoms with Crippen LogP contribution in [0.4, 0.5) is 30.7 Å². The van der Waals surface area contributed by atoms with Crippen molar-refractivity contribution in [2.75, 3.05) is 13.1 Å². The van der Waals surface area contributed by atoms with Gasteiger partial charge in [0.2, 0.25) is 10.0 Å². The third-order valence-electron chi connectivity index (χ3n) is 7.21. The summed E-state index contributed by atoms with van der Waals surface area (Å²) in [5.41, 5.74) is 1.39. The zero-order valence-corrected chi connectivity index (χ0v) is 26.2. The van der Waals surface area contributed by atoms with Gasteiger partial charge in [0.05, 0.1) is 28.1 Å². The van der Waals surface area contributed by atoms with Crippen molar-refractivity contribution >= 4 is 48.7 Å². The first kappa shape index (κ1) is 35.4. The van der Waals surface area contributed by atoms with Crippen molar-refractivity contribution in [1.29, 1.82) is 0 Å². The number of fused-ring (bicyclic) bond motifs is 1. The second-order valence-electron chi connectivity index (χ2n) is 10.7. The summed E-state index contributed by atoms with van der Waals surface area (Å²) in [5, 5.41) is 11.7. The molecule has 1 aromatic heterocycles. The van der Waals surface area contributed by atoms with Crippen LogP contribution >= 0.6 is 15.9 Å². The molecule has 2 heterocycles. The van der Waals surface area contributed by atoms with Crippen LogP contribution < -0.4 is 9.46 Å². The van der Waals surface area contributed by atoms with Crippen LogP contribution in [0.15, 0.2) is 34.8 Å². The summed E-state index contributed by atoms with van der Waals surface area (Å²) in [6.07, 6.45) is -7.57. The van der Waals surface area contributed by atoms with Gasteiger partial charge in [-0.05, 0) is 62.4 Å². The number of carbonyl (C=O) groups excluding carboxylic acids is 1. The van der Waals surface area contributed by atoms with Crippen LogP contribution in [-0.4, -0.2) is 71.0 Å². The molecule has 2 N–H and O–H groups in total. The molecule has 252 valence electrons. The molecule has 5 rings (SSSR count). The Hall–Kier alpha value is -3.45. The molecular weight excluding hydrogens is 721 g/mol. The summed E-state index contributed by atoms with van der Waals surface area (Å²) in [6, 6.07) is 6.62. The van der Waals surface area contributed by atoms with Gasteiger partial charge in [0, 0.05) is 35.6 Å². The molecule has 0 spiro atoms. The molecule has 19 heteroatoms. The van der Waals surface area contributed by atoms with Gasteiger partial charge in [-0.3, -0.25) is 14.4 Å². The highest BCUT2D eigenvalue weighted by atomic mass is 79.9. The standard InChI is InChI=1S/C25H25BrF4N4O4S.C2HF3O2/c1-14-19-11-20(24(35)32-39(36,37)18-3-4-18)22(27)12-23(19)34(31-14)16-6-8-33(9-7-16)13-15-10-17(2-5-21(15)26)38-25(28,29)30;3-2(4,5)1(6)7/h2,5,10-12,16,18H,3-4,6-9,13H2,1H3,(H,32,35);(H,6,7). The number of nitrogens with zero attached hydrogens (tertiary/aromatic N) is 3. The van der Waals surface area contributed by atoms with Crippen LogP contribution in [0.1, 0.15) is 53.3 Å². The normalized spacial score (nSPS) is 16.5. The van der Waals surface area contributed by atoms with Gasteiger partial charge in [-0.15, -0.1) is 13.2 Å². The number of hydrogen-bond acceptors (Lipinski definition) is 7. The number of aryl methyl sites for hydroxylation is 1. The number of piperidine rings is 1. The van der Waals surface area contributed by atoms with Gasteiger partial charge < -0.3 is 9.84 Å². The molecule has 2 aliphatic rings. The monoisotopic (exact) mass is 746 g/mol. The van der Waals surface area contributed by atoms with Crippen molar-refractivity contribution in [1.82, 2.24) is 19.4 Å². The highest BCUT2D eigenvalue weighted by molar-refractivity contribution is 9.10. The lowest BCUT2D eigenvalue weighted by molar-refractivity contribution is -0.274. The minimum Gasteiger partial charge on any atom is -0.475 e. The number of sulfonamides is 1. The van der Waals surface area contributed by atoms with Crippen LogP contribution in [0.3, 0.4) is 0 Å². The van der Waals surface area contributed by atoms with Crippen molar-refractivity contribution in [3.05, 3.63) is 57.4 Å². The quantitative estimate of drug-likeness (QED) is 0.289. The molecule has 1 aliphatic heterocycles. The van der Waals surface area contributed by atoms with Crippen LogP contribution in [0, 0.1) is 12.7 Å². The summed E-state index contributed by atoms with van der Waals surface area (Å²) in [7, 11) is -3.82. The number of alkyl halides is 6. The number of benzene rings is 2. The maximum atomic E-state index is 15.0. The Kier molecular flexibility index (Phi) is 10.3. The fourth-order valence-electron chi connectivity index (χ4n) is 4.84. The Bertz CT molecular complexity index is 1730. The van der Waals surface area contributed by atoms with E-state index in [2.05, 4.69) is 30.7 Å². The van der Waals surface area contributed by atoms with Gasteiger partial charge >= 0.3 is 18.5 Å². The van der Waals surface area contributed by atoms with Gasteiger partial charge in [-0.2, -0.15) is 18.3 Å². The Balaban J connectivity index is 0.000000617. The molecule has 0 bridgehead atoms. The highest BCUT2D eigenvalue weighted by Crippen LogP contribution is 2.33. The zero-order chi connectivity index (χ0) is 34.2. The van der Waals surface area contributed by atoms with Crippen molar-refractivity contribution in [3.63, 3.8) is 0 Å². The number of hydrogen-bond donors (Lipinski definition) is 2. The topological polar surface area (TPSA) is 131 Å². The van der Waals surface area contributed by atoms with Gasteiger partial charge in [0.25, 0.3) is 5.91 Å². The van der Waals surface area contributed by atoms with Crippen LogP contribution in [0.2, 0.25) is 0 Å². The summed E-state index contributed by atoms with van der Waals surface area (Å²) in [5.74, 6) is -4.88. The van der Waals surface area contributed by atoms with E-state index < -0.39 is 45.5 Å². The fraction of sp³-hybridized carbons (Fsp3) is 0.444. The van der Waals surface area contributed by atoms with E-state index in [1.54, 1.807) is 11.6 Å². The average Bonchev–Trinajstić information content (AvgIpc) is 3.75. The fourth-order valence-corrected chi connectivity index (χ4v) is 6.51. The summed E-state index contributed by atoms with van der Waals surface area (Å²) >= 11 is 3.39. The Morgan fingerprint density at radius 1 is 1.07 bits per heavy atom. The third-order valence-corrected chi connectivity index (χ3v) is 9.81. The lowest BCUT2D eigenvalue weighted by Crippen LogP contribution is -2.34. The molecule has 0 atom stereocenters. The number of nitrogens with one attached hydrogen (secondary N) is 1. The lowest BCUT2D eigenvalue weighted by Gasteiger charge is -2.32. The number of carbonyl (C=O) groups is 2. The smallest absolute Gasteiger partial charge is 0.475 e. The SMILES string of the molecule is Cc1nn(C2CCN(Cc3cc(OC(F)(F)F)ccc3Br)CC2)c2cc(F)c(C(=O)NS(=O)(=O)C3CC3)cc12.O=C(O)C(F)(F)F. The molecule has 46 heavy (non-hydrogen) atoms. The molecule has 0 radical (unpaired) electrons. The maximum absolute atomic E-state index is 15.0. The minimum atomic E-state index is -5.08. The molecule has 0 unspecified atom stereocenters. The molecule has 1 saturated carbocycles. The molecule has 10 nitrogen and oxygen atoms in total. The van der Waals surface area contributed by atoms with Crippen LogP contribution in [-0.2, 0) is 21.4 Å². The van der Waals surface area contributed by atoms with E-state index >= 15 is 4.39 Å². The third kappa shape index (κ3) is 8.87. The lowest BCUT2D eigenvalue weighted by atomic mass is 10.0. The number of rotatable bonds is 7. The second-order valence-corrected chi connectivity index (χ2v) is 13.5. The van der Waals surface area contributed by atoms with E-state index in [1.165, 1.54) is 30.3 Å². The van der Waals surface area contributed by atoms with Crippen LogP contribution in [0.25, 0.3) is 10.9 Å². The first-order chi connectivity index (χ1) is 21.2. The Morgan fingerprint density at radius 2 is 1.67 bits per heavy atom. The Morgan fingerprint density at radius 3 is 2.22 bits per heavy atom. The van der Waals surface area contributed by atoms with Crippen molar-refractivity contribution in [3.8, 4) is 5.75 Å². The van der Waals surface area contributed by atoms with Gasteiger partial charge in [0.15, 0.2) is 0 Å². The molecule has 1 aliphatic carbocycles. The minimum absolute atomic E-state index is 0.0601. The van der Waals surface area contributed by atoms with Crippen molar-refractivity contribution in [2.45, 2.75) is 63.0 Å². The predicted molar refractivity (Wildman–Crippen MR) is 152 cm³/mol. The largest absolute Gasteiger partial charge is 0.573 e. The van der Waals surface area contributed by atoms with Crippen molar-refractivity contribution in [2.24, 2.45) is 0 Å². The zero-order valence-electron chi connectivity index (χ0n) is 23.8. The summed E-state index contributed by atoms with van der Waals surface area (Å²) in [6.45, 7) is 3.41. The summed E-state index contributed by atoms with van der Waals surface area (Å²) < 4.78 is 117. The molecule has 2 fully saturated rings. The second kappa shape index (κ2) is 13.3. The number of aliphatic carboxylic acids is 1. The van der Waals surface area contributed by atoms with E-state index in [9.17, 15) is 39.6 Å². The van der Waals surface area contributed by atoms with E-state index in [1.807, 2.05) is 4.72 Å². The number of amides is 1. The molecule has 3 aromatic rings. The summed E-state index contributed by atoms with van der Waals surface area (Å²) in [4.78, 5) is 23.5. The molecular formula is C27H26BrF7N4O6S. The average molecular weight is 747 g/mol. The van der Waals surface area contributed by atoms with Gasteiger partial charge in [0.1, 0.15) is 11.6 Å². The number of ether oxygens (including phenoxy) is 1. The maximum Gasteiger partial charge on any atom is 0.573 e. The first-order valence-electron chi connectivity index (χ1n) is 13.6. The van der Waals surface area contributed by atoms with E-state index in [-0.39, 0.29) is 17.4 Å². The number of halogens is 8. The van der Waals surface area contributed by atoms with Crippen molar-refractivity contribution < 1.29 is 58.6 Å². The number of carboxylic acid groups (broad SMARTS) is 1. The molecule has 2 aromatic carbocycles. The number of carboxylic acids is 1. The molecule has 1 amide bonds. The first-order valence-corrected chi connectivity index (χ1v) is 15.9. The number of likely N-dealkylation sites (tertiary alicyclic amines) is 1. The van der Waals surface area contributed by atoms with Gasteiger partial charge in [-0.1, -0.05) is 15.9 Å². The Labute approximate surface area is 265 Å². The molecule has 1 saturated heterocycles. The van der Waals surface area contributed by atoms with E-state index in [0.29, 0.717) is 72.0 Å². The predicted octanol–water partition coefficient (Wildman–Crippen LogP) is 5.84. The highest BCUT2D eigenvalue weighted by Gasteiger charge is 2.39. The number of aromatic nitrogens is 2.